The van der Waals surface area contributed by atoms with Crippen LogP contribution in [-0.4, -0.2) is 50.9 Å². The Bertz CT molecular complexity index is 1040. The molecule has 0 saturated carbocycles. The maximum absolute atomic E-state index is 13.0. The van der Waals surface area contributed by atoms with Gasteiger partial charge in [-0.15, -0.1) is 0 Å². The normalized spacial score (nSPS) is 17.0. The fourth-order valence-electron chi connectivity index (χ4n) is 3.77. The molecule has 1 saturated heterocycles. The van der Waals surface area contributed by atoms with Crippen LogP contribution < -0.4 is 10.2 Å². The number of carbonyl (C=O) groups is 1. The Balaban J connectivity index is 1.63. The Morgan fingerprint density at radius 1 is 0.967 bits per heavy atom. The van der Waals surface area contributed by atoms with Gasteiger partial charge in [0, 0.05) is 5.69 Å². The molecule has 3 rings (SSSR count). The standard InChI is InChI=1S/C23H31N3O3S/c1-16-6-7-18(3)22(14-16)24-23(27)20(5)25-10-12-26(13-11-25)30(28,29)21-9-8-17(2)19(4)15-21/h6-9,14-15,20H,10-13H2,1-5H3,(H,24,27)/p+1/t20-/m0/s1. The number of hydrogen-bond donors (Lipinski definition) is 2. The summed E-state index contributed by atoms with van der Waals surface area (Å²) in [5, 5.41) is 3.04. The summed E-state index contributed by atoms with van der Waals surface area (Å²) in [6.07, 6.45) is 0. The van der Waals surface area contributed by atoms with E-state index in [9.17, 15) is 13.2 Å². The second-order valence-corrected chi connectivity index (χ2v) is 10.3. The SMILES string of the molecule is Cc1ccc(C)c(NC(=O)[C@H](C)[NH+]2CCN(S(=O)(=O)c3ccc(C)c(C)c3)CC2)c1. The summed E-state index contributed by atoms with van der Waals surface area (Å²) in [5.74, 6) is -0.0378. The van der Waals surface area contributed by atoms with Crippen LogP contribution in [0.1, 0.15) is 29.2 Å². The zero-order valence-electron chi connectivity index (χ0n) is 18.5. The number of sulfonamides is 1. The summed E-state index contributed by atoms with van der Waals surface area (Å²) in [6, 6.07) is 11.0. The Hall–Kier alpha value is -2.22. The quantitative estimate of drug-likeness (QED) is 0.760. The van der Waals surface area contributed by atoms with Crippen molar-refractivity contribution in [1.29, 1.82) is 0 Å². The van der Waals surface area contributed by atoms with Gasteiger partial charge in [-0.05, 0) is 75.1 Å². The number of hydrogen-bond acceptors (Lipinski definition) is 3. The molecule has 7 heteroatoms. The van der Waals surface area contributed by atoms with Crippen molar-refractivity contribution in [1.82, 2.24) is 4.31 Å². The minimum Gasteiger partial charge on any atom is -0.323 e. The first kappa shape index (κ1) is 22.5. The number of rotatable bonds is 5. The largest absolute Gasteiger partial charge is 0.323 e. The van der Waals surface area contributed by atoms with E-state index < -0.39 is 10.0 Å². The van der Waals surface area contributed by atoms with Crippen molar-refractivity contribution in [3.63, 3.8) is 0 Å². The monoisotopic (exact) mass is 430 g/mol. The van der Waals surface area contributed by atoms with Gasteiger partial charge in [-0.25, -0.2) is 8.42 Å². The zero-order valence-corrected chi connectivity index (χ0v) is 19.3. The highest BCUT2D eigenvalue weighted by atomic mass is 32.2. The van der Waals surface area contributed by atoms with E-state index in [-0.39, 0.29) is 11.9 Å². The van der Waals surface area contributed by atoms with Crippen molar-refractivity contribution in [3.05, 3.63) is 58.7 Å². The van der Waals surface area contributed by atoms with Crippen LogP contribution in [0.4, 0.5) is 5.69 Å². The molecule has 1 atom stereocenters. The molecule has 2 aromatic rings. The number of piperazine rings is 1. The molecule has 1 heterocycles. The molecule has 0 radical (unpaired) electrons. The first-order valence-corrected chi connectivity index (χ1v) is 11.8. The molecule has 2 aromatic carbocycles. The lowest BCUT2D eigenvalue weighted by Crippen LogP contribution is -3.19. The average molecular weight is 431 g/mol. The Morgan fingerprint density at radius 2 is 1.60 bits per heavy atom. The molecule has 1 amide bonds. The fraction of sp³-hybridized carbons (Fsp3) is 0.435. The second-order valence-electron chi connectivity index (χ2n) is 8.34. The van der Waals surface area contributed by atoms with Gasteiger partial charge in [-0.2, -0.15) is 4.31 Å². The molecule has 0 aromatic heterocycles. The minimum absolute atomic E-state index is 0.0378. The summed E-state index contributed by atoms with van der Waals surface area (Å²) in [6.45, 7) is 11.8. The molecule has 0 aliphatic carbocycles. The van der Waals surface area contributed by atoms with E-state index in [1.54, 1.807) is 12.1 Å². The van der Waals surface area contributed by atoms with Crippen LogP contribution in [0, 0.1) is 27.7 Å². The Labute approximate surface area is 179 Å². The second kappa shape index (κ2) is 8.88. The van der Waals surface area contributed by atoms with Gasteiger partial charge in [0.15, 0.2) is 6.04 Å². The van der Waals surface area contributed by atoms with Gasteiger partial charge < -0.3 is 10.2 Å². The topological polar surface area (TPSA) is 70.9 Å². The van der Waals surface area contributed by atoms with E-state index in [4.69, 9.17) is 0 Å². The summed E-state index contributed by atoms with van der Waals surface area (Å²) >= 11 is 0. The summed E-state index contributed by atoms with van der Waals surface area (Å²) in [7, 11) is -3.51. The molecular formula is C23H32N3O3S+. The number of nitrogens with one attached hydrogen (secondary N) is 2. The Kier molecular flexibility index (Phi) is 6.65. The predicted octanol–water partition coefficient (Wildman–Crippen LogP) is 1.84. The molecule has 0 unspecified atom stereocenters. The van der Waals surface area contributed by atoms with E-state index in [0.29, 0.717) is 31.1 Å². The van der Waals surface area contributed by atoms with Gasteiger partial charge in [-0.3, -0.25) is 4.79 Å². The first-order chi connectivity index (χ1) is 14.1. The van der Waals surface area contributed by atoms with Gasteiger partial charge in [0.1, 0.15) is 0 Å². The third-order valence-electron chi connectivity index (χ3n) is 6.14. The number of anilines is 1. The van der Waals surface area contributed by atoms with Crippen molar-refractivity contribution in [2.75, 3.05) is 31.5 Å². The molecule has 2 N–H and O–H groups in total. The molecule has 1 aliphatic heterocycles. The van der Waals surface area contributed by atoms with Crippen LogP contribution in [0.2, 0.25) is 0 Å². The van der Waals surface area contributed by atoms with Crippen LogP contribution in [0.25, 0.3) is 0 Å². The van der Waals surface area contributed by atoms with Crippen molar-refractivity contribution in [2.45, 2.75) is 45.6 Å². The molecule has 6 nitrogen and oxygen atoms in total. The summed E-state index contributed by atoms with van der Waals surface area (Å²) in [5.41, 5.74) is 5.01. The summed E-state index contributed by atoms with van der Waals surface area (Å²) in [4.78, 5) is 14.2. The highest BCUT2D eigenvalue weighted by Crippen LogP contribution is 2.19. The molecule has 1 aliphatic rings. The maximum atomic E-state index is 13.0. The number of aryl methyl sites for hydroxylation is 4. The number of nitrogens with zero attached hydrogens (tertiary/aromatic N) is 1. The molecule has 0 bridgehead atoms. The lowest BCUT2D eigenvalue weighted by atomic mass is 10.1. The number of quaternary nitrogens is 1. The van der Waals surface area contributed by atoms with E-state index in [0.717, 1.165) is 32.8 Å². The lowest BCUT2D eigenvalue weighted by Gasteiger charge is -2.34. The van der Waals surface area contributed by atoms with Crippen molar-refractivity contribution >= 4 is 21.6 Å². The van der Waals surface area contributed by atoms with Gasteiger partial charge in [0.05, 0.1) is 31.1 Å². The maximum Gasteiger partial charge on any atom is 0.282 e. The van der Waals surface area contributed by atoms with E-state index in [1.165, 1.54) is 4.31 Å². The molecule has 1 fully saturated rings. The molecule has 30 heavy (non-hydrogen) atoms. The van der Waals surface area contributed by atoms with Crippen LogP contribution in [0.3, 0.4) is 0 Å². The third kappa shape index (κ3) is 4.74. The number of amides is 1. The van der Waals surface area contributed by atoms with Gasteiger partial charge in [0.25, 0.3) is 5.91 Å². The minimum atomic E-state index is -3.51. The van der Waals surface area contributed by atoms with Crippen molar-refractivity contribution in [2.24, 2.45) is 0 Å². The predicted molar refractivity (Wildman–Crippen MR) is 119 cm³/mol. The number of benzene rings is 2. The van der Waals surface area contributed by atoms with Gasteiger partial charge in [-0.1, -0.05) is 18.2 Å². The van der Waals surface area contributed by atoms with Gasteiger partial charge >= 0.3 is 0 Å². The first-order valence-electron chi connectivity index (χ1n) is 10.4. The van der Waals surface area contributed by atoms with Crippen LogP contribution >= 0.6 is 0 Å². The molecule has 162 valence electrons. The highest BCUT2D eigenvalue weighted by Gasteiger charge is 2.34. The van der Waals surface area contributed by atoms with E-state index >= 15 is 0 Å². The third-order valence-corrected chi connectivity index (χ3v) is 8.03. The molecular weight excluding hydrogens is 398 g/mol. The fourth-order valence-corrected chi connectivity index (χ4v) is 5.29. The van der Waals surface area contributed by atoms with Gasteiger partial charge in [0.2, 0.25) is 10.0 Å². The lowest BCUT2D eigenvalue weighted by molar-refractivity contribution is -0.917. The Morgan fingerprint density at radius 3 is 2.23 bits per heavy atom. The highest BCUT2D eigenvalue weighted by molar-refractivity contribution is 7.89. The average Bonchev–Trinajstić information content (AvgIpc) is 2.72. The number of carbonyl (C=O) groups excluding carboxylic acids is 1. The van der Waals surface area contributed by atoms with Crippen LogP contribution in [0.15, 0.2) is 41.3 Å². The van der Waals surface area contributed by atoms with Crippen molar-refractivity contribution < 1.29 is 18.1 Å². The van der Waals surface area contributed by atoms with Crippen LogP contribution in [0.5, 0.6) is 0 Å². The van der Waals surface area contributed by atoms with Crippen LogP contribution in [-0.2, 0) is 14.8 Å². The van der Waals surface area contributed by atoms with E-state index in [1.807, 2.05) is 58.9 Å². The smallest absolute Gasteiger partial charge is 0.282 e. The summed E-state index contributed by atoms with van der Waals surface area (Å²) < 4.78 is 27.6. The van der Waals surface area contributed by atoms with E-state index in [2.05, 4.69) is 5.32 Å². The van der Waals surface area contributed by atoms with Crippen molar-refractivity contribution in [3.8, 4) is 0 Å². The zero-order chi connectivity index (χ0) is 22.1. The molecule has 0 spiro atoms.